The molecule has 2 nitrogen and oxygen atoms in total. The molecule has 1 aliphatic carbocycles. The van der Waals surface area contributed by atoms with Crippen LogP contribution in [0.5, 0.6) is 0 Å². The van der Waals surface area contributed by atoms with E-state index in [1.165, 1.54) is 25.0 Å². The van der Waals surface area contributed by atoms with Crippen LogP contribution in [0.1, 0.15) is 31.4 Å². The van der Waals surface area contributed by atoms with E-state index in [4.69, 9.17) is 0 Å². The second kappa shape index (κ2) is 5.76. The molecule has 2 rings (SSSR count). The van der Waals surface area contributed by atoms with Gasteiger partial charge in [0.1, 0.15) is 11.6 Å². The minimum Gasteiger partial charge on any atom is -0.309 e. The van der Waals surface area contributed by atoms with E-state index in [9.17, 15) is 8.78 Å². The van der Waals surface area contributed by atoms with Crippen molar-refractivity contribution in [3.8, 4) is 0 Å². The quantitative estimate of drug-likeness (QED) is 0.839. The largest absolute Gasteiger partial charge is 0.309 e. The Morgan fingerprint density at radius 3 is 2.44 bits per heavy atom. The molecule has 18 heavy (non-hydrogen) atoms. The molecule has 1 N–H and O–H groups in total. The van der Waals surface area contributed by atoms with Gasteiger partial charge in [0.25, 0.3) is 0 Å². The molecule has 1 aromatic rings. The van der Waals surface area contributed by atoms with Crippen molar-refractivity contribution in [3.63, 3.8) is 0 Å². The predicted octanol–water partition coefficient (Wildman–Crippen LogP) is 2.71. The highest BCUT2D eigenvalue weighted by Gasteiger charge is 2.25. The SMILES string of the molecule is CC(NCCN(C)C1CC1)c1cc(F)cc(F)c1. The molecule has 0 spiro atoms. The monoisotopic (exact) mass is 254 g/mol. The molecule has 1 atom stereocenters. The van der Waals surface area contributed by atoms with Crippen LogP contribution in [-0.2, 0) is 0 Å². The molecular formula is C14H20F2N2. The van der Waals surface area contributed by atoms with Gasteiger partial charge >= 0.3 is 0 Å². The Bertz CT molecular complexity index is 385. The van der Waals surface area contributed by atoms with Crippen molar-refractivity contribution in [2.45, 2.75) is 31.8 Å². The molecule has 1 aliphatic rings. The molecule has 0 heterocycles. The summed E-state index contributed by atoms with van der Waals surface area (Å²) in [6, 6.07) is 4.37. The summed E-state index contributed by atoms with van der Waals surface area (Å²) in [7, 11) is 2.12. The summed E-state index contributed by atoms with van der Waals surface area (Å²) < 4.78 is 26.2. The van der Waals surface area contributed by atoms with Gasteiger partial charge in [-0.1, -0.05) is 0 Å². The number of nitrogens with one attached hydrogen (secondary N) is 1. The zero-order valence-electron chi connectivity index (χ0n) is 10.9. The van der Waals surface area contributed by atoms with Gasteiger partial charge in [0.2, 0.25) is 0 Å². The van der Waals surface area contributed by atoms with Crippen LogP contribution in [0, 0.1) is 11.6 Å². The number of likely N-dealkylation sites (N-methyl/N-ethyl adjacent to an activating group) is 1. The Labute approximate surface area is 107 Å². The summed E-state index contributed by atoms with van der Waals surface area (Å²) in [6.45, 7) is 3.71. The van der Waals surface area contributed by atoms with Crippen LogP contribution in [-0.4, -0.2) is 31.1 Å². The van der Waals surface area contributed by atoms with Crippen LogP contribution >= 0.6 is 0 Å². The fraction of sp³-hybridized carbons (Fsp3) is 0.571. The summed E-state index contributed by atoms with van der Waals surface area (Å²) in [6.07, 6.45) is 2.59. The van der Waals surface area contributed by atoms with Crippen molar-refractivity contribution in [3.05, 3.63) is 35.4 Å². The van der Waals surface area contributed by atoms with E-state index in [1.54, 1.807) is 0 Å². The number of halogens is 2. The minimum atomic E-state index is -0.520. The fourth-order valence-corrected chi connectivity index (χ4v) is 2.10. The maximum Gasteiger partial charge on any atom is 0.126 e. The first kappa shape index (κ1) is 13.4. The highest BCUT2D eigenvalue weighted by molar-refractivity contribution is 5.20. The van der Waals surface area contributed by atoms with Crippen molar-refractivity contribution < 1.29 is 8.78 Å². The van der Waals surface area contributed by atoms with Gasteiger partial charge in [0.15, 0.2) is 0 Å². The van der Waals surface area contributed by atoms with Crippen LogP contribution in [0.2, 0.25) is 0 Å². The predicted molar refractivity (Wildman–Crippen MR) is 68.4 cm³/mol. The zero-order valence-corrected chi connectivity index (χ0v) is 10.9. The Morgan fingerprint density at radius 1 is 1.28 bits per heavy atom. The minimum absolute atomic E-state index is 0.0391. The second-order valence-electron chi connectivity index (χ2n) is 5.09. The van der Waals surface area contributed by atoms with Gasteiger partial charge in [-0.05, 0) is 44.5 Å². The van der Waals surface area contributed by atoms with Crippen molar-refractivity contribution in [2.75, 3.05) is 20.1 Å². The van der Waals surface area contributed by atoms with Crippen molar-refractivity contribution in [1.82, 2.24) is 10.2 Å². The van der Waals surface area contributed by atoms with E-state index in [0.717, 1.165) is 25.2 Å². The molecule has 1 fully saturated rings. The number of hydrogen-bond acceptors (Lipinski definition) is 2. The zero-order chi connectivity index (χ0) is 13.1. The molecule has 0 radical (unpaired) electrons. The Morgan fingerprint density at radius 2 is 1.89 bits per heavy atom. The topological polar surface area (TPSA) is 15.3 Å². The maximum absolute atomic E-state index is 13.1. The van der Waals surface area contributed by atoms with Crippen molar-refractivity contribution >= 4 is 0 Å². The molecule has 1 aromatic carbocycles. The molecule has 1 unspecified atom stereocenters. The van der Waals surface area contributed by atoms with E-state index < -0.39 is 11.6 Å². The van der Waals surface area contributed by atoms with Crippen molar-refractivity contribution in [1.29, 1.82) is 0 Å². The van der Waals surface area contributed by atoms with E-state index in [-0.39, 0.29) is 6.04 Å². The third-order valence-corrected chi connectivity index (χ3v) is 3.47. The summed E-state index contributed by atoms with van der Waals surface area (Å²) >= 11 is 0. The summed E-state index contributed by atoms with van der Waals surface area (Å²) in [5.74, 6) is -1.04. The van der Waals surface area contributed by atoms with Gasteiger partial charge in [0.05, 0.1) is 0 Å². The van der Waals surface area contributed by atoms with Crippen LogP contribution in [0.4, 0.5) is 8.78 Å². The van der Waals surface area contributed by atoms with E-state index in [2.05, 4.69) is 17.3 Å². The number of hydrogen-bond donors (Lipinski definition) is 1. The molecule has 0 amide bonds. The van der Waals surface area contributed by atoms with Crippen LogP contribution in [0.25, 0.3) is 0 Å². The van der Waals surface area contributed by atoms with Crippen molar-refractivity contribution in [2.24, 2.45) is 0 Å². The molecule has 4 heteroatoms. The average molecular weight is 254 g/mol. The highest BCUT2D eigenvalue weighted by Crippen LogP contribution is 2.24. The molecule has 0 bridgehead atoms. The Balaban J connectivity index is 1.81. The smallest absolute Gasteiger partial charge is 0.126 e. The first-order chi connectivity index (χ1) is 8.56. The number of benzene rings is 1. The molecule has 0 aliphatic heterocycles. The van der Waals surface area contributed by atoms with Crippen LogP contribution < -0.4 is 5.32 Å². The molecule has 0 saturated heterocycles. The second-order valence-corrected chi connectivity index (χ2v) is 5.09. The lowest BCUT2D eigenvalue weighted by Crippen LogP contribution is -2.32. The standard InChI is InChI=1S/C14H20F2N2/c1-10(11-7-12(15)9-13(16)8-11)17-5-6-18(2)14-3-4-14/h7-10,14,17H,3-6H2,1-2H3. The van der Waals surface area contributed by atoms with Crippen LogP contribution in [0.15, 0.2) is 18.2 Å². The highest BCUT2D eigenvalue weighted by atomic mass is 19.1. The van der Waals surface area contributed by atoms with Crippen LogP contribution in [0.3, 0.4) is 0 Å². The number of rotatable bonds is 6. The molecule has 1 saturated carbocycles. The summed E-state index contributed by atoms with van der Waals surface area (Å²) in [5.41, 5.74) is 0.654. The molecule has 100 valence electrons. The number of nitrogens with zero attached hydrogens (tertiary/aromatic N) is 1. The normalized spacial score (nSPS) is 17.2. The maximum atomic E-state index is 13.1. The fourth-order valence-electron chi connectivity index (χ4n) is 2.10. The van der Waals surface area contributed by atoms with Gasteiger partial charge in [-0.15, -0.1) is 0 Å². The lowest BCUT2D eigenvalue weighted by Gasteiger charge is -2.19. The summed E-state index contributed by atoms with van der Waals surface area (Å²) in [5, 5.41) is 3.29. The lowest BCUT2D eigenvalue weighted by atomic mass is 10.1. The van der Waals surface area contributed by atoms with Gasteiger partial charge in [-0.25, -0.2) is 8.78 Å². The van der Waals surface area contributed by atoms with Gasteiger partial charge < -0.3 is 10.2 Å². The van der Waals surface area contributed by atoms with Gasteiger partial charge in [-0.2, -0.15) is 0 Å². The third kappa shape index (κ3) is 3.75. The summed E-state index contributed by atoms with van der Waals surface area (Å²) in [4.78, 5) is 2.33. The first-order valence-corrected chi connectivity index (χ1v) is 6.46. The van der Waals surface area contributed by atoms with E-state index >= 15 is 0 Å². The average Bonchev–Trinajstić information content (AvgIpc) is 3.11. The van der Waals surface area contributed by atoms with E-state index in [1.807, 2.05) is 6.92 Å². The molecule has 0 aromatic heterocycles. The van der Waals surface area contributed by atoms with Gasteiger partial charge in [-0.3, -0.25) is 0 Å². The third-order valence-electron chi connectivity index (χ3n) is 3.47. The Kier molecular flexibility index (Phi) is 4.30. The van der Waals surface area contributed by atoms with E-state index in [0.29, 0.717) is 5.56 Å². The first-order valence-electron chi connectivity index (χ1n) is 6.46. The Hall–Kier alpha value is -1.00. The van der Waals surface area contributed by atoms with Gasteiger partial charge in [0, 0.05) is 31.2 Å². The lowest BCUT2D eigenvalue weighted by molar-refractivity contribution is 0.316. The molecular weight excluding hydrogens is 234 g/mol.